The smallest absolute Gasteiger partial charge is 0.325 e. The number of methoxy groups -OCH3 is 1. The Bertz CT molecular complexity index is 357. The first-order valence-corrected chi connectivity index (χ1v) is 5.64. The third-order valence-corrected chi connectivity index (χ3v) is 2.17. The zero-order valence-corrected chi connectivity index (χ0v) is 11.4. The molecule has 7 nitrogen and oxygen atoms in total. The topological polar surface area (TPSA) is 102 Å². The average Bonchev–Trinajstić information content (AvgIpc) is 2.31. The highest BCUT2D eigenvalue weighted by Crippen LogP contribution is 1.99. The molecular weight excluding hydrogens is 258 g/mol. The van der Waals surface area contributed by atoms with Gasteiger partial charge in [0, 0.05) is 6.04 Å². The highest BCUT2D eigenvalue weighted by molar-refractivity contribution is 7.80. The summed E-state index contributed by atoms with van der Waals surface area (Å²) >= 11 is 4.57. The van der Waals surface area contributed by atoms with Crippen LogP contribution in [0.2, 0.25) is 0 Å². The van der Waals surface area contributed by atoms with E-state index in [1.165, 1.54) is 7.11 Å². The van der Waals surface area contributed by atoms with E-state index in [4.69, 9.17) is 5.73 Å². The molecule has 0 saturated heterocycles. The number of nitrogens with zero attached hydrogens (tertiary/aromatic N) is 1. The maximum absolute atomic E-state index is 11.8. The van der Waals surface area contributed by atoms with E-state index in [1.807, 2.05) is 0 Å². The van der Waals surface area contributed by atoms with Gasteiger partial charge < -0.3 is 20.7 Å². The lowest BCUT2D eigenvalue weighted by Gasteiger charge is -2.24. The van der Waals surface area contributed by atoms with Crippen LogP contribution in [0.25, 0.3) is 0 Å². The number of carbonyl (C=O) groups excluding carboxylic acids is 3. The van der Waals surface area contributed by atoms with Crippen LogP contribution < -0.4 is 11.1 Å². The summed E-state index contributed by atoms with van der Waals surface area (Å²) in [5, 5.41) is 2.26. The Morgan fingerprint density at radius 3 is 2.33 bits per heavy atom. The molecule has 0 fully saturated rings. The van der Waals surface area contributed by atoms with Crippen LogP contribution in [0.4, 0.5) is 0 Å². The highest BCUT2D eigenvalue weighted by Gasteiger charge is 2.26. The zero-order chi connectivity index (χ0) is 14.3. The van der Waals surface area contributed by atoms with Crippen LogP contribution in [0, 0.1) is 0 Å². The predicted octanol–water partition coefficient (Wildman–Crippen LogP) is -1.20. The molecule has 0 aliphatic heterocycles. The van der Waals surface area contributed by atoms with Crippen molar-refractivity contribution >= 4 is 35.0 Å². The Morgan fingerprint density at radius 2 is 1.94 bits per heavy atom. The van der Waals surface area contributed by atoms with Gasteiger partial charge in [0.15, 0.2) is 0 Å². The van der Waals surface area contributed by atoms with Crippen LogP contribution in [-0.4, -0.2) is 53.9 Å². The largest absolute Gasteiger partial charge is 0.468 e. The molecule has 0 unspecified atom stereocenters. The molecule has 0 saturated carbocycles. The first-order chi connectivity index (χ1) is 8.29. The summed E-state index contributed by atoms with van der Waals surface area (Å²) in [4.78, 5) is 35.6. The molecule has 0 aliphatic rings. The summed E-state index contributed by atoms with van der Waals surface area (Å²) in [7, 11) is 1.21. The molecule has 18 heavy (non-hydrogen) atoms. The number of carbonyl (C=O) groups is 3. The van der Waals surface area contributed by atoms with E-state index < -0.39 is 17.8 Å². The van der Waals surface area contributed by atoms with Crippen molar-refractivity contribution < 1.29 is 19.1 Å². The van der Waals surface area contributed by atoms with E-state index in [0.29, 0.717) is 0 Å². The average molecular weight is 275 g/mol. The van der Waals surface area contributed by atoms with Gasteiger partial charge in [-0.2, -0.15) is 0 Å². The minimum absolute atomic E-state index is 0.0654. The molecule has 3 N–H and O–H groups in total. The van der Waals surface area contributed by atoms with Gasteiger partial charge >= 0.3 is 17.8 Å². The number of hydrogen-bond acceptors (Lipinski definition) is 5. The second-order valence-corrected chi connectivity index (χ2v) is 4.28. The molecule has 0 radical (unpaired) electrons. The Kier molecular flexibility index (Phi) is 6.88. The lowest BCUT2D eigenvalue weighted by molar-refractivity contribution is -0.152. The van der Waals surface area contributed by atoms with E-state index in [1.54, 1.807) is 13.8 Å². The molecule has 102 valence electrons. The third-order valence-electron chi connectivity index (χ3n) is 2.03. The van der Waals surface area contributed by atoms with Crippen LogP contribution >= 0.6 is 12.2 Å². The molecule has 0 spiro atoms. The van der Waals surface area contributed by atoms with Crippen LogP contribution in [0.15, 0.2) is 0 Å². The summed E-state index contributed by atoms with van der Waals surface area (Å²) in [6, 6.07) is -0.313. The predicted molar refractivity (Wildman–Crippen MR) is 68.7 cm³/mol. The highest BCUT2D eigenvalue weighted by atomic mass is 32.1. The molecule has 0 aliphatic carbocycles. The minimum Gasteiger partial charge on any atom is -0.468 e. The monoisotopic (exact) mass is 275 g/mol. The van der Waals surface area contributed by atoms with E-state index in [-0.39, 0.29) is 24.1 Å². The summed E-state index contributed by atoms with van der Waals surface area (Å²) in [6.45, 7) is 3.01. The standard InChI is InChI=1S/C10H17N3O4S/c1-6(2)13(5-8(14)17-3)10(16)9(15)12-4-7(11)18/h6H,4-5H2,1-3H3,(H2,11,18)(H,12,15). The second kappa shape index (κ2) is 7.59. The normalized spacial score (nSPS) is 9.78. The number of amides is 2. The lowest BCUT2D eigenvalue weighted by atomic mass is 10.3. The van der Waals surface area contributed by atoms with E-state index in [9.17, 15) is 14.4 Å². The van der Waals surface area contributed by atoms with Crippen LogP contribution in [0.3, 0.4) is 0 Å². The maximum atomic E-state index is 11.8. The second-order valence-electron chi connectivity index (χ2n) is 3.75. The first-order valence-electron chi connectivity index (χ1n) is 5.23. The molecule has 0 aromatic rings. The number of thiocarbonyl (C=S) groups is 1. The Balaban J connectivity index is 4.60. The molecule has 0 rings (SSSR count). The number of hydrogen-bond donors (Lipinski definition) is 2. The van der Waals surface area contributed by atoms with Gasteiger partial charge in [0.1, 0.15) is 6.54 Å². The number of nitrogens with one attached hydrogen (secondary N) is 1. The van der Waals surface area contributed by atoms with Crippen molar-refractivity contribution in [3.63, 3.8) is 0 Å². The van der Waals surface area contributed by atoms with Gasteiger partial charge in [0.05, 0.1) is 18.6 Å². The fourth-order valence-electron chi connectivity index (χ4n) is 1.07. The van der Waals surface area contributed by atoms with Crippen molar-refractivity contribution in [2.45, 2.75) is 19.9 Å². The van der Waals surface area contributed by atoms with Crippen molar-refractivity contribution in [2.75, 3.05) is 20.2 Å². The van der Waals surface area contributed by atoms with Crippen molar-refractivity contribution in [1.29, 1.82) is 0 Å². The van der Waals surface area contributed by atoms with E-state index in [2.05, 4.69) is 22.3 Å². The number of ether oxygens (including phenoxy) is 1. The van der Waals surface area contributed by atoms with Gasteiger partial charge in [-0.1, -0.05) is 12.2 Å². The van der Waals surface area contributed by atoms with E-state index >= 15 is 0 Å². The molecule has 0 aromatic heterocycles. The molecule has 0 bridgehead atoms. The fraction of sp³-hybridized carbons (Fsp3) is 0.600. The Morgan fingerprint density at radius 1 is 1.39 bits per heavy atom. The summed E-state index contributed by atoms with van der Waals surface area (Å²) in [5.74, 6) is -2.29. The molecule has 2 amide bonds. The van der Waals surface area contributed by atoms with Gasteiger partial charge in [-0.15, -0.1) is 0 Å². The summed E-state index contributed by atoms with van der Waals surface area (Å²) < 4.78 is 4.45. The van der Waals surface area contributed by atoms with Gasteiger partial charge in [0.25, 0.3) is 0 Å². The van der Waals surface area contributed by atoms with Gasteiger partial charge in [-0.25, -0.2) is 0 Å². The fourth-order valence-corrected chi connectivity index (χ4v) is 1.14. The van der Waals surface area contributed by atoms with Gasteiger partial charge in [-0.05, 0) is 13.8 Å². The zero-order valence-electron chi connectivity index (χ0n) is 10.6. The maximum Gasteiger partial charge on any atom is 0.325 e. The van der Waals surface area contributed by atoms with Crippen LogP contribution in [-0.2, 0) is 19.1 Å². The van der Waals surface area contributed by atoms with Gasteiger partial charge in [0.2, 0.25) is 0 Å². The molecule has 0 heterocycles. The Hall–Kier alpha value is -1.70. The molecule has 0 aromatic carbocycles. The summed E-state index contributed by atoms with van der Waals surface area (Å²) in [6.07, 6.45) is 0. The first kappa shape index (κ1) is 16.3. The van der Waals surface area contributed by atoms with Crippen LogP contribution in [0.5, 0.6) is 0 Å². The van der Waals surface area contributed by atoms with Gasteiger partial charge in [-0.3, -0.25) is 14.4 Å². The SMILES string of the molecule is COC(=O)CN(C(=O)C(=O)NCC(N)=S)C(C)C. The van der Waals surface area contributed by atoms with Crippen molar-refractivity contribution in [1.82, 2.24) is 10.2 Å². The van der Waals surface area contributed by atoms with E-state index in [0.717, 1.165) is 4.90 Å². The molecule has 0 atom stereocenters. The van der Waals surface area contributed by atoms with Crippen LogP contribution in [0.1, 0.15) is 13.8 Å². The number of nitrogens with two attached hydrogens (primary N) is 1. The lowest BCUT2D eigenvalue weighted by Crippen LogP contribution is -2.49. The molecule has 8 heteroatoms. The Labute approximate surface area is 111 Å². The van der Waals surface area contributed by atoms with Crippen molar-refractivity contribution in [3.8, 4) is 0 Å². The quantitative estimate of drug-likeness (QED) is 0.371. The molecular formula is C10H17N3O4S. The summed E-state index contributed by atoms with van der Waals surface area (Å²) in [5.41, 5.74) is 5.20. The third kappa shape index (κ3) is 5.58. The number of esters is 1. The minimum atomic E-state index is -0.861. The van der Waals surface area contributed by atoms with Crippen molar-refractivity contribution in [2.24, 2.45) is 5.73 Å². The number of rotatable bonds is 5. The van der Waals surface area contributed by atoms with Crippen molar-refractivity contribution in [3.05, 3.63) is 0 Å².